The summed E-state index contributed by atoms with van der Waals surface area (Å²) < 4.78 is 4.87. The Balaban J connectivity index is 2.47. The van der Waals surface area contributed by atoms with Gasteiger partial charge in [0.2, 0.25) is 0 Å². The third-order valence-electron chi connectivity index (χ3n) is 2.13. The van der Waals surface area contributed by atoms with Crippen molar-refractivity contribution in [2.75, 3.05) is 18.5 Å². The molecule has 1 heterocycles. The lowest BCUT2D eigenvalue weighted by Crippen LogP contribution is -2.07. The second kappa shape index (κ2) is 7.44. The number of hydrogen-bond donors (Lipinski definition) is 1. The van der Waals surface area contributed by atoms with Crippen LogP contribution in [0, 0.1) is 0 Å². The summed E-state index contributed by atoms with van der Waals surface area (Å²) in [5, 5.41) is 3.16. The van der Waals surface area contributed by atoms with Crippen LogP contribution in [0.2, 0.25) is 0 Å². The Morgan fingerprint density at radius 2 is 2.35 bits per heavy atom. The fraction of sp³-hybridized carbons (Fsp3) is 0.385. The Morgan fingerprint density at radius 1 is 1.53 bits per heavy atom. The monoisotopic (exact) mass is 234 g/mol. The molecule has 0 fully saturated rings. The van der Waals surface area contributed by atoms with Gasteiger partial charge in [0.15, 0.2) is 0 Å². The third kappa shape index (κ3) is 4.68. The van der Waals surface area contributed by atoms with Gasteiger partial charge in [-0.2, -0.15) is 0 Å². The minimum atomic E-state index is -0.333. The Labute approximate surface area is 102 Å². The summed E-state index contributed by atoms with van der Waals surface area (Å²) in [6.07, 6.45) is 6.58. The maximum atomic E-state index is 11.4. The second-order valence-corrected chi connectivity index (χ2v) is 3.44. The standard InChI is InChI=1S/C13H18N2O2/c1-3-5-6-9-14-12-8-7-11(10-15-12)13(16)17-4-2/h3,5,7-8,10H,4,6,9H2,1-2H3,(H,14,15)/b5-3+. The first kappa shape index (κ1) is 13.2. The predicted octanol–water partition coefficient (Wildman–Crippen LogP) is 2.64. The zero-order valence-corrected chi connectivity index (χ0v) is 10.3. The van der Waals surface area contributed by atoms with Crippen molar-refractivity contribution >= 4 is 11.8 Å². The van der Waals surface area contributed by atoms with Crippen molar-refractivity contribution in [1.82, 2.24) is 4.98 Å². The first-order valence-electron chi connectivity index (χ1n) is 5.76. The highest BCUT2D eigenvalue weighted by Gasteiger charge is 2.05. The van der Waals surface area contributed by atoms with E-state index in [-0.39, 0.29) is 5.97 Å². The summed E-state index contributed by atoms with van der Waals surface area (Å²) in [7, 11) is 0. The van der Waals surface area contributed by atoms with Crippen LogP contribution >= 0.6 is 0 Å². The molecule has 0 aliphatic rings. The first-order valence-corrected chi connectivity index (χ1v) is 5.76. The third-order valence-corrected chi connectivity index (χ3v) is 2.13. The maximum absolute atomic E-state index is 11.4. The summed E-state index contributed by atoms with van der Waals surface area (Å²) >= 11 is 0. The molecule has 1 N–H and O–H groups in total. The largest absolute Gasteiger partial charge is 0.462 e. The van der Waals surface area contributed by atoms with Gasteiger partial charge < -0.3 is 10.1 Å². The van der Waals surface area contributed by atoms with E-state index in [9.17, 15) is 4.79 Å². The second-order valence-electron chi connectivity index (χ2n) is 3.44. The van der Waals surface area contributed by atoms with Crippen LogP contribution in [0.5, 0.6) is 0 Å². The van der Waals surface area contributed by atoms with Gasteiger partial charge in [0.05, 0.1) is 12.2 Å². The number of esters is 1. The van der Waals surface area contributed by atoms with Crippen LogP contribution in [0.1, 0.15) is 30.6 Å². The van der Waals surface area contributed by atoms with Gasteiger partial charge >= 0.3 is 5.97 Å². The molecule has 0 bridgehead atoms. The van der Waals surface area contributed by atoms with E-state index in [1.54, 1.807) is 19.1 Å². The molecule has 0 atom stereocenters. The van der Waals surface area contributed by atoms with Crippen LogP contribution in [0.3, 0.4) is 0 Å². The first-order chi connectivity index (χ1) is 8.27. The van der Waals surface area contributed by atoms with Gasteiger partial charge in [-0.15, -0.1) is 0 Å². The number of ether oxygens (including phenoxy) is 1. The van der Waals surface area contributed by atoms with Crippen LogP contribution < -0.4 is 5.32 Å². The molecule has 1 rings (SSSR count). The van der Waals surface area contributed by atoms with Gasteiger partial charge in [-0.05, 0) is 32.4 Å². The molecule has 0 radical (unpaired) electrons. The number of nitrogens with zero attached hydrogens (tertiary/aromatic N) is 1. The molecular weight excluding hydrogens is 216 g/mol. The van der Waals surface area contributed by atoms with E-state index in [0.29, 0.717) is 12.2 Å². The van der Waals surface area contributed by atoms with Crippen LogP contribution in [-0.2, 0) is 4.74 Å². The van der Waals surface area contributed by atoms with E-state index >= 15 is 0 Å². The zero-order chi connectivity index (χ0) is 12.5. The zero-order valence-electron chi connectivity index (χ0n) is 10.3. The quantitative estimate of drug-likeness (QED) is 0.467. The van der Waals surface area contributed by atoms with E-state index in [1.807, 2.05) is 13.0 Å². The van der Waals surface area contributed by atoms with E-state index in [0.717, 1.165) is 18.8 Å². The number of rotatable bonds is 6. The number of pyridine rings is 1. The van der Waals surface area contributed by atoms with Gasteiger partial charge in [-0.25, -0.2) is 9.78 Å². The molecule has 0 saturated carbocycles. The summed E-state index contributed by atoms with van der Waals surface area (Å²) in [6.45, 7) is 4.98. The molecule has 0 aromatic carbocycles. The van der Waals surface area contributed by atoms with Crippen molar-refractivity contribution in [3.8, 4) is 0 Å². The molecule has 4 heteroatoms. The van der Waals surface area contributed by atoms with Crippen molar-refractivity contribution in [2.45, 2.75) is 20.3 Å². The Morgan fingerprint density at radius 3 is 2.94 bits per heavy atom. The highest BCUT2D eigenvalue weighted by Crippen LogP contribution is 2.06. The predicted molar refractivity (Wildman–Crippen MR) is 68.1 cm³/mol. The molecule has 0 unspecified atom stereocenters. The van der Waals surface area contributed by atoms with Crippen molar-refractivity contribution in [3.05, 3.63) is 36.0 Å². The Bertz CT molecular complexity index is 372. The molecule has 0 saturated heterocycles. The van der Waals surface area contributed by atoms with Crippen LogP contribution in [-0.4, -0.2) is 24.1 Å². The smallest absolute Gasteiger partial charge is 0.339 e. The van der Waals surface area contributed by atoms with Crippen molar-refractivity contribution in [1.29, 1.82) is 0 Å². The van der Waals surface area contributed by atoms with Gasteiger partial charge in [0.1, 0.15) is 5.82 Å². The molecular formula is C13H18N2O2. The van der Waals surface area contributed by atoms with E-state index in [4.69, 9.17) is 4.74 Å². The molecule has 92 valence electrons. The molecule has 4 nitrogen and oxygen atoms in total. The van der Waals surface area contributed by atoms with E-state index in [1.165, 1.54) is 6.20 Å². The van der Waals surface area contributed by atoms with Crippen LogP contribution in [0.15, 0.2) is 30.5 Å². The molecule has 0 aliphatic carbocycles. The van der Waals surface area contributed by atoms with Gasteiger partial charge in [-0.1, -0.05) is 12.2 Å². The summed E-state index contributed by atoms with van der Waals surface area (Å²) in [4.78, 5) is 15.5. The van der Waals surface area contributed by atoms with E-state index in [2.05, 4.69) is 16.4 Å². The van der Waals surface area contributed by atoms with E-state index < -0.39 is 0 Å². The highest BCUT2D eigenvalue weighted by atomic mass is 16.5. The number of allylic oxidation sites excluding steroid dienone is 1. The summed E-state index contributed by atoms with van der Waals surface area (Å²) in [5.74, 6) is 0.433. The van der Waals surface area contributed by atoms with Crippen LogP contribution in [0.4, 0.5) is 5.82 Å². The lowest BCUT2D eigenvalue weighted by Gasteiger charge is -2.05. The normalized spacial score (nSPS) is 10.5. The lowest BCUT2D eigenvalue weighted by atomic mass is 10.3. The number of anilines is 1. The van der Waals surface area contributed by atoms with Gasteiger partial charge in [-0.3, -0.25) is 0 Å². The number of carbonyl (C=O) groups is 1. The average molecular weight is 234 g/mol. The number of hydrogen-bond acceptors (Lipinski definition) is 4. The average Bonchev–Trinajstić information content (AvgIpc) is 2.36. The number of carbonyl (C=O) groups excluding carboxylic acids is 1. The lowest BCUT2D eigenvalue weighted by molar-refractivity contribution is 0.0526. The summed E-state index contributed by atoms with van der Waals surface area (Å²) in [6, 6.07) is 3.49. The molecule has 0 spiro atoms. The molecule has 1 aromatic heterocycles. The maximum Gasteiger partial charge on any atom is 0.339 e. The summed E-state index contributed by atoms with van der Waals surface area (Å²) in [5.41, 5.74) is 0.478. The molecule has 1 aromatic rings. The Hall–Kier alpha value is -1.84. The molecule has 17 heavy (non-hydrogen) atoms. The fourth-order valence-electron chi connectivity index (χ4n) is 1.28. The number of aromatic nitrogens is 1. The topological polar surface area (TPSA) is 51.2 Å². The number of nitrogens with one attached hydrogen (secondary N) is 1. The SMILES string of the molecule is C/C=C/CCNc1ccc(C(=O)OCC)cn1. The highest BCUT2D eigenvalue weighted by molar-refractivity contribution is 5.89. The fourth-order valence-corrected chi connectivity index (χ4v) is 1.28. The molecule has 0 amide bonds. The van der Waals surface area contributed by atoms with Gasteiger partial charge in [0.25, 0.3) is 0 Å². The van der Waals surface area contributed by atoms with Gasteiger partial charge in [0, 0.05) is 12.7 Å². The Kier molecular flexibility index (Phi) is 5.79. The van der Waals surface area contributed by atoms with Crippen molar-refractivity contribution in [2.24, 2.45) is 0 Å². The van der Waals surface area contributed by atoms with Crippen molar-refractivity contribution < 1.29 is 9.53 Å². The molecule has 0 aliphatic heterocycles. The van der Waals surface area contributed by atoms with Crippen molar-refractivity contribution in [3.63, 3.8) is 0 Å². The van der Waals surface area contributed by atoms with Crippen LogP contribution in [0.25, 0.3) is 0 Å². The minimum absolute atomic E-state index is 0.333. The minimum Gasteiger partial charge on any atom is -0.462 e.